The van der Waals surface area contributed by atoms with E-state index >= 15 is 0 Å². The van der Waals surface area contributed by atoms with Crippen LogP contribution in [0.25, 0.3) is 0 Å². The monoisotopic (exact) mass is 247 g/mol. The van der Waals surface area contributed by atoms with E-state index in [0.717, 1.165) is 23.8 Å². The zero-order valence-corrected chi connectivity index (χ0v) is 9.71. The Morgan fingerprint density at radius 1 is 1.11 bits per heavy atom. The van der Waals surface area contributed by atoms with Gasteiger partial charge in [-0.1, -0.05) is 12.1 Å². The molecule has 0 fully saturated rings. The molecule has 0 atom stereocenters. The number of hydrogen-bond acceptors (Lipinski definition) is 2. The van der Waals surface area contributed by atoms with Crippen LogP contribution in [0.3, 0.4) is 0 Å². The summed E-state index contributed by atoms with van der Waals surface area (Å²) in [6, 6.07) is 7.45. The summed E-state index contributed by atoms with van der Waals surface area (Å²) in [6.45, 7) is 1.80. The van der Waals surface area contributed by atoms with Gasteiger partial charge in [-0.3, -0.25) is 4.79 Å². The first-order chi connectivity index (χ1) is 8.49. The number of nitrogens with two attached hydrogens (primary N) is 1. The van der Waals surface area contributed by atoms with Crippen molar-refractivity contribution in [2.75, 3.05) is 5.73 Å². The van der Waals surface area contributed by atoms with E-state index in [4.69, 9.17) is 5.73 Å². The van der Waals surface area contributed by atoms with Gasteiger partial charge in [0.25, 0.3) is 0 Å². The third kappa shape index (κ3) is 2.22. The number of nitrogen functional groups attached to an aromatic ring is 1. The zero-order valence-electron chi connectivity index (χ0n) is 9.71. The molecule has 4 heteroatoms. The molecule has 2 rings (SSSR count). The van der Waals surface area contributed by atoms with Crippen molar-refractivity contribution in [3.8, 4) is 0 Å². The zero-order chi connectivity index (χ0) is 13.3. The Labute approximate surface area is 103 Å². The van der Waals surface area contributed by atoms with E-state index in [1.54, 1.807) is 19.1 Å². The second-order valence-corrected chi connectivity index (χ2v) is 4.02. The number of aryl methyl sites for hydroxylation is 1. The Hall–Kier alpha value is -2.23. The standard InChI is InChI=1S/C14H11F2NO/c1-8-2-3-9(6-13(8)17)14(18)11-7-10(15)4-5-12(11)16/h2-7H,17H2,1H3. The highest BCUT2D eigenvalue weighted by Crippen LogP contribution is 2.18. The quantitative estimate of drug-likeness (QED) is 0.654. The first kappa shape index (κ1) is 12.2. The molecule has 2 aromatic rings. The lowest BCUT2D eigenvalue weighted by atomic mass is 10.0. The fraction of sp³-hybridized carbons (Fsp3) is 0.0714. The van der Waals surface area contributed by atoms with Gasteiger partial charge in [0.05, 0.1) is 5.56 Å². The average Bonchev–Trinajstić information content (AvgIpc) is 2.35. The molecule has 0 unspecified atom stereocenters. The molecule has 92 valence electrons. The fourth-order valence-corrected chi connectivity index (χ4v) is 1.61. The van der Waals surface area contributed by atoms with Crippen LogP contribution < -0.4 is 5.73 Å². The molecule has 18 heavy (non-hydrogen) atoms. The van der Waals surface area contributed by atoms with Crippen molar-refractivity contribution in [2.24, 2.45) is 0 Å². The first-order valence-electron chi connectivity index (χ1n) is 5.35. The van der Waals surface area contributed by atoms with Gasteiger partial charge in [-0.15, -0.1) is 0 Å². The summed E-state index contributed by atoms with van der Waals surface area (Å²) in [5.74, 6) is -1.99. The number of carbonyl (C=O) groups is 1. The third-order valence-electron chi connectivity index (χ3n) is 2.71. The molecule has 0 bridgehead atoms. The van der Waals surface area contributed by atoms with Gasteiger partial charge in [0.15, 0.2) is 5.78 Å². The number of halogens is 2. The van der Waals surface area contributed by atoms with Gasteiger partial charge in [-0.2, -0.15) is 0 Å². The minimum absolute atomic E-state index is 0.239. The summed E-state index contributed by atoms with van der Waals surface area (Å²) in [4.78, 5) is 12.0. The first-order valence-corrected chi connectivity index (χ1v) is 5.35. The molecule has 2 N–H and O–H groups in total. The lowest BCUT2D eigenvalue weighted by molar-refractivity contribution is 0.103. The SMILES string of the molecule is Cc1ccc(C(=O)c2cc(F)ccc2F)cc1N. The molecule has 0 saturated heterocycles. The van der Waals surface area contributed by atoms with Crippen molar-refractivity contribution in [1.82, 2.24) is 0 Å². The van der Waals surface area contributed by atoms with Crippen molar-refractivity contribution >= 4 is 11.5 Å². The summed E-state index contributed by atoms with van der Waals surface area (Å²) < 4.78 is 26.5. The Morgan fingerprint density at radius 3 is 2.50 bits per heavy atom. The highest BCUT2D eigenvalue weighted by atomic mass is 19.1. The molecule has 0 spiro atoms. The molecule has 0 aliphatic rings. The van der Waals surface area contributed by atoms with Crippen LogP contribution in [0.4, 0.5) is 14.5 Å². The van der Waals surface area contributed by atoms with E-state index in [0.29, 0.717) is 5.69 Å². The van der Waals surface area contributed by atoms with Crippen LogP contribution in [0.15, 0.2) is 36.4 Å². The van der Waals surface area contributed by atoms with Gasteiger partial charge in [-0.05, 0) is 36.8 Å². The van der Waals surface area contributed by atoms with E-state index in [2.05, 4.69) is 0 Å². The second-order valence-electron chi connectivity index (χ2n) is 4.02. The average molecular weight is 247 g/mol. The second kappa shape index (κ2) is 4.56. The van der Waals surface area contributed by atoms with E-state index in [1.165, 1.54) is 6.07 Å². The minimum Gasteiger partial charge on any atom is -0.398 e. The Balaban J connectivity index is 2.47. The molecule has 0 radical (unpaired) electrons. The normalized spacial score (nSPS) is 10.4. The molecule has 0 aliphatic heterocycles. The number of anilines is 1. The van der Waals surface area contributed by atoms with Gasteiger partial charge in [0, 0.05) is 11.3 Å². The molecular formula is C14H11F2NO. The summed E-state index contributed by atoms with van der Waals surface area (Å²) in [6.07, 6.45) is 0. The lowest BCUT2D eigenvalue weighted by Gasteiger charge is -2.05. The molecule has 0 aromatic heterocycles. The third-order valence-corrected chi connectivity index (χ3v) is 2.71. The van der Waals surface area contributed by atoms with Crippen molar-refractivity contribution in [3.05, 3.63) is 64.7 Å². The van der Waals surface area contributed by atoms with Crippen LogP contribution in [0, 0.1) is 18.6 Å². The lowest BCUT2D eigenvalue weighted by Crippen LogP contribution is -2.06. The van der Waals surface area contributed by atoms with E-state index in [1.807, 2.05) is 0 Å². The number of carbonyl (C=O) groups excluding carboxylic acids is 1. The Kier molecular flexibility index (Phi) is 3.10. The van der Waals surface area contributed by atoms with E-state index < -0.39 is 17.4 Å². The largest absolute Gasteiger partial charge is 0.398 e. The number of benzene rings is 2. The molecule has 0 heterocycles. The van der Waals surface area contributed by atoms with Crippen LogP contribution in [-0.2, 0) is 0 Å². The van der Waals surface area contributed by atoms with Crippen molar-refractivity contribution < 1.29 is 13.6 Å². The molecule has 2 nitrogen and oxygen atoms in total. The predicted molar refractivity (Wildman–Crippen MR) is 65.4 cm³/mol. The molecular weight excluding hydrogens is 236 g/mol. The maximum Gasteiger partial charge on any atom is 0.196 e. The summed E-state index contributed by atoms with van der Waals surface area (Å²) >= 11 is 0. The minimum atomic E-state index is -0.749. The van der Waals surface area contributed by atoms with Gasteiger partial charge < -0.3 is 5.73 Å². The van der Waals surface area contributed by atoms with E-state index in [-0.39, 0.29) is 11.1 Å². The van der Waals surface area contributed by atoms with Crippen LogP contribution in [-0.4, -0.2) is 5.78 Å². The molecule has 0 aliphatic carbocycles. The molecule has 0 saturated carbocycles. The van der Waals surface area contributed by atoms with Crippen LogP contribution in [0.5, 0.6) is 0 Å². The Bertz CT molecular complexity index is 623. The summed E-state index contributed by atoms with van der Waals surface area (Å²) in [5.41, 5.74) is 6.90. The number of rotatable bonds is 2. The van der Waals surface area contributed by atoms with Crippen molar-refractivity contribution in [1.29, 1.82) is 0 Å². The maximum atomic E-state index is 13.5. The van der Waals surface area contributed by atoms with Gasteiger partial charge >= 0.3 is 0 Å². The highest BCUT2D eigenvalue weighted by molar-refractivity contribution is 6.09. The smallest absolute Gasteiger partial charge is 0.196 e. The topological polar surface area (TPSA) is 43.1 Å². The Morgan fingerprint density at radius 2 is 1.83 bits per heavy atom. The van der Waals surface area contributed by atoms with Gasteiger partial charge in [-0.25, -0.2) is 8.78 Å². The summed E-state index contributed by atoms with van der Waals surface area (Å²) in [5, 5.41) is 0. The molecule has 2 aromatic carbocycles. The van der Waals surface area contributed by atoms with E-state index in [9.17, 15) is 13.6 Å². The van der Waals surface area contributed by atoms with Crippen molar-refractivity contribution in [3.63, 3.8) is 0 Å². The van der Waals surface area contributed by atoms with Crippen LogP contribution in [0.1, 0.15) is 21.5 Å². The van der Waals surface area contributed by atoms with Gasteiger partial charge in [0.2, 0.25) is 0 Å². The van der Waals surface area contributed by atoms with Gasteiger partial charge in [0.1, 0.15) is 11.6 Å². The number of ketones is 1. The van der Waals surface area contributed by atoms with Crippen LogP contribution >= 0.6 is 0 Å². The predicted octanol–water partition coefficient (Wildman–Crippen LogP) is 3.09. The van der Waals surface area contributed by atoms with Crippen molar-refractivity contribution in [2.45, 2.75) is 6.92 Å². The maximum absolute atomic E-state index is 13.5. The summed E-state index contributed by atoms with van der Waals surface area (Å²) in [7, 11) is 0. The van der Waals surface area contributed by atoms with Crippen LogP contribution in [0.2, 0.25) is 0 Å². The number of hydrogen-bond donors (Lipinski definition) is 1. The fourth-order valence-electron chi connectivity index (χ4n) is 1.61. The highest BCUT2D eigenvalue weighted by Gasteiger charge is 2.15. The molecule has 0 amide bonds.